The molecular formula is C8H13BrCl2N2. The van der Waals surface area contributed by atoms with E-state index in [-0.39, 0.29) is 30.9 Å². The summed E-state index contributed by atoms with van der Waals surface area (Å²) >= 11 is 3.29. The number of aryl methyl sites for hydroxylation is 1. The molecule has 2 nitrogen and oxygen atoms in total. The van der Waals surface area contributed by atoms with Crippen LogP contribution in [0.5, 0.6) is 0 Å². The highest BCUT2D eigenvalue weighted by molar-refractivity contribution is 9.10. The minimum atomic E-state index is 0. The molecule has 1 aromatic rings. The summed E-state index contributed by atoms with van der Waals surface area (Å²) in [5.41, 5.74) is 7.81. The van der Waals surface area contributed by atoms with Gasteiger partial charge in [0.15, 0.2) is 0 Å². The fourth-order valence-corrected chi connectivity index (χ4v) is 1.42. The van der Waals surface area contributed by atoms with Crippen LogP contribution in [0.2, 0.25) is 0 Å². The number of aromatic nitrogens is 1. The molecule has 0 bridgehead atoms. The summed E-state index contributed by atoms with van der Waals surface area (Å²) in [6.45, 7) is 3.92. The Hall–Kier alpha value is 0.170. The van der Waals surface area contributed by atoms with Crippen LogP contribution >= 0.6 is 40.7 Å². The van der Waals surface area contributed by atoms with Crippen LogP contribution in [0.4, 0.5) is 0 Å². The van der Waals surface area contributed by atoms with Crippen molar-refractivity contribution in [3.63, 3.8) is 0 Å². The Morgan fingerprint density at radius 2 is 1.92 bits per heavy atom. The number of hydrogen-bond donors (Lipinski definition) is 1. The van der Waals surface area contributed by atoms with Gasteiger partial charge < -0.3 is 5.73 Å². The molecule has 1 atom stereocenters. The summed E-state index contributed by atoms with van der Waals surface area (Å²) < 4.78 is 0.861. The van der Waals surface area contributed by atoms with Gasteiger partial charge in [0.2, 0.25) is 0 Å². The van der Waals surface area contributed by atoms with Crippen LogP contribution < -0.4 is 5.73 Å². The lowest BCUT2D eigenvalue weighted by Gasteiger charge is -2.07. The normalized spacial score (nSPS) is 11.1. The molecule has 0 fully saturated rings. The van der Waals surface area contributed by atoms with E-state index in [1.165, 1.54) is 0 Å². The van der Waals surface area contributed by atoms with Crippen LogP contribution in [0, 0.1) is 6.92 Å². The van der Waals surface area contributed by atoms with Crippen LogP contribution in [0.15, 0.2) is 16.7 Å². The summed E-state index contributed by atoms with van der Waals surface area (Å²) in [5.74, 6) is 0. The topological polar surface area (TPSA) is 38.9 Å². The van der Waals surface area contributed by atoms with Crippen molar-refractivity contribution in [2.45, 2.75) is 19.9 Å². The van der Waals surface area contributed by atoms with Gasteiger partial charge in [0.1, 0.15) is 4.60 Å². The van der Waals surface area contributed by atoms with E-state index in [9.17, 15) is 0 Å². The largest absolute Gasteiger partial charge is 0.324 e. The Balaban J connectivity index is 0. The van der Waals surface area contributed by atoms with E-state index in [4.69, 9.17) is 5.73 Å². The zero-order valence-electron chi connectivity index (χ0n) is 7.45. The highest BCUT2D eigenvalue weighted by Crippen LogP contribution is 2.15. The van der Waals surface area contributed by atoms with Gasteiger partial charge in [0.25, 0.3) is 0 Å². The molecule has 2 N–H and O–H groups in total. The first kappa shape index (κ1) is 15.6. The van der Waals surface area contributed by atoms with Gasteiger partial charge in [-0.25, -0.2) is 4.98 Å². The molecule has 1 aromatic heterocycles. The molecule has 76 valence electrons. The van der Waals surface area contributed by atoms with Crippen molar-refractivity contribution in [2.75, 3.05) is 0 Å². The molecule has 13 heavy (non-hydrogen) atoms. The SMILES string of the molecule is Cc1nc(Br)ccc1[C@H](C)N.Cl.Cl. The second kappa shape index (κ2) is 6.60. The molecule has 1 heterocycles. The van der Waals surface area contributed by atoms with Crippen molar-refractivity contribution in [1.29, 1.82) is 0 Å². The first-order chi connectivity index (χ1) is 5.11. The number of hydrogen-bond acceptors (Lipinski definition) is 2. The molecule has 0 unspecified atom stereocenters. The third kappa shape index (κ3) is 4.27. The van der Waals surface area contributed by atoms with Crippen molar-refractivity contribution in [3.05, 3.63) is 28.0 Å². The summed E-state index contributed by atoms with van der Waals surface area (Å²) in [5, 5.41) is 0. The van der Waals surface area contributed by atoms with Gasteiger partial charge in [0.05, 0.1) is 0 Å². The summed E-state index contributed by atoms with van der Waals surface area (Å²) in [4.78, 5) is 4.23. The molecule has 0 aliphatic rings. The first-order valence-corrected chi connectivity index (χ1v) is 4.29. The third-order valence-electron chi connectivity index (χ3n) is 1.58. The summed E-state index contributed by atoms with van der Waals surface area (Å²) in [7, 11) is 0. The average molecular weight is 288 g/mol. The summed E-state index contributed by atoms with van der Waals surface area (Å²) in [6, 6.07) is 3.97. The molecule has 0 aromatic carbocycles. The van der Waals surface area contributed by atoms with E-state index in [0.29, 0.717) is 0 Å². The van der Waals surface area contributed by atoms with Crippen molar-refractivity contribution in [3.8, 4) is 0 Å². The third-order valence-corrected chi connectivity index (χ3v) is 2.02. The minimum absolute atomic E-state index is 0. The molecule has 5 heteroatoms. The minimum Gasteiger partial charge on any atom is -0.324 e. The molecule has 0 saturated carbocycles. The predicted octanol–water partition coefficient (Wildman–Crippen LogP) is 3.02. The van der Waals surface area contributed by atoms with Gasteiger partial charge in [-0.05, 0) is 41.4 Å². The molecule has 0 spiro atoms. The van der Waals surface area contributed by atoms with E-state index >= 15 is 0 Å². The second-order valence-corrected chi connectivity index (χ2v) is 3.41. The van der Waals surface area contributed by atoms with E-state index in [0.717, 1.165) is 15.9 Å². The quantitative estimate of drug-likeness (QED) is 0.807. The average Bonchev–Trinajstić information content (AvgIpc) is 1.85. The Morgan fingerprint density at radius 1 is 1.38 bits per heavy atom. The van der Waals surface area contributed by atoms with Crippen LogP contribution in [-0.2, 0) is 0 Å². The number of rotatable bonds is 1. The van der Waals surface area contributed by atoms with Gasteiger partial charge in [-0.2, -0.15) is 0 Å². The van der Waals surface area contributed by atoms with Crippen molar-refractivity contribution >= 4 is 40.7 Å². The van der Waals surface area contributed by atoms with Gasteiger partial charge in [0, 0.05) is 11.7 Å². The maximum atomic E-state index is 5.71. The van der Waals surface area contributed by atoms with E-state index in [1.807, 2.05) is 26.0 Å². The molecular weight excluding hydrogens is 275 g/mol. The maximum Gasteiger partial charge on any atom is 0.106 e. The van der Waals surface area contributed by atoms with Crippen molar-refractivity contribution in [2.24, 2.45) is 5.73 Å². The Bertz CT molecular complexity index is 266. The lowest BCUT2D eigenvalue weighted by atomic mass is 10.1. The number of halogens is 3. The van der Waals surface area contributed by atoms with Gasteiger partial charge in [-0.1, -0.05) is 6.07 Å². The number of pyridine rings is 1. The number of nitrogens with two attached hydrogens (primary N) is 1. The summed E-state index contributed by atoms with van der Waals surface area (Å²) in [6.07, 6.45) is 0. The monoisotopic (exact) mass is 286 g/mol. The van der Waals surface area contributed by atoms with Crippen molar-refractivity contribution < 1.29 is 0 Å². The molecule has 0 aliphatic carbocycles. The molecule has 0 saturated heterocycles. The fraction of sp³-hybridized carbons (Fsp3) is 0.375. The molecule has 1 rings (SSSR count). The Morgan fingerprint density at radius 3 is 2.31 bits per heavy atom. The highest BCUT2D eigenvalue weighted by Gasteiger charge is 2.03. The smallest absolute Gasteiger partial charge is 0.106 e. The second-order valence-electron chi connectivity index (χ2n) is 2.60. The van der Waals surface area contributed by atoms with Gasteiger partial charge >= 0.3 is 0 Å². The highest BCUT2D eigenvalue weighted by atomic mass is 79.9. The predicted molar refractivity (Wildman–Crippen MR) is 63.8 cm³/mol. The Kier molecular flexibility index (Phi) is 7.93. The molecule has 0 aliphatic heterocycles. The van der Waals surface area contributed by atoms with Gasteiger partial charge in [-0.15, -0.1) is 24.8 Å². The zero-order chi connectivity index (χ0) is 8.43. The molecule has 0 amide bonds. The molecule has 0 radical (unpaired) electrons. The van der Waals surface area contributed by atoms with E-state index in [1.54, 1.807) is 0 Å². The van der Waals surface area contributed by atoms with Crippen LogP contribution in [0.1, 0.15) is 24.2 Å². The Labute approximate surface area is 99.3 Å². The zero-order valence-corrected chi connectivity index (χ0v) is 10.7. The first-order valence-electron chi connectivity index (χ1n) is 3.50. The number of nitrogens with zero attached hydrogens (tertiary/aromatic N) is 1. The fourth-order valence-electron chi connectivity index (χ4n) is 1.02. The van der Waals surface area contributed by atoms with E-state index in [2.05, 4.69) is 20.9 Å². The maximum absolute atomic E-state index is 5.71. The van der Waals surface area contributed by atoms with Gasteiger partial charge in [-0.3, -0.25) is 0 Å². The lowest BCUT2D eigenvalue weighted by molar-refractivity contribution is 0.798. The van der Waals surface area contributed by atoms with Crippen LogP contribution in [0.3, 0.4) is 0 Å². The standard InChI is InChI=1S/C8H11BrN2.2ClH/c1-5(10)7-3-4-8(9)11-6(7)2;;/h3-5H,10H2,1-2H3;2*1H/t5-;;/m0../s1. The van der Waals surface area contributed by atoms with Crippen molar-refractivity contribution in [1.82, 2.24) is 4.98 Å². The van der Waals surface area contributed by atoms with E-state index < -0.39 is 0 Å². The van der Waals surface area contributed by atoms with Crippen LogP contribution in [-0.4, -0.2) is 4.98 Å². The lowest BCUT2D eigenvalue weighted by Crippen LogP contribution is -2.07. The van der Waals surface area contributed by atoms with Crippen LogP contribution in [0.25, 0.3) is 0 Å².